The van der Waals surface area contributed by atoms with E-state index in [1.807, 2.05) is 0 Å². The summed E-state index contributed by atoms with van der Waals surface area (Å²) in [6, 6.07) is 0. The third kappa shape index (κ3) is 2.71. The number of aliphatic hydroxyl groups excluding tert-OH is 1. The van der Waals surface area contributed by atoms with Crippen molar-refractivity contribution in [3.05, 3.63) is 27.4 Å². The fraction of sp³-hybridized carbons (Fsp3) is 0.636. The largest absolute Gasteiger partial charge is 0.396 e. The first kappa shape index (κ1) is 12.2. The Morgan fingerprint density at radius 2 is 2.35 bits per heavy atom. The second-order valence-electron chi connectivity index (χ2n) is 3.92. The number of aliphatic hydroxyl groups is 1. The summed E-state index contributed by atoms with van der Waals surface area (Å²) in [6.45, 7) is 3.18. The van der Waals surface area contributed by atoms with Gasteiger partial charge < -0.3 is 19.6 Å². The Labute approximate surface area is 98.6 Å². The highest BCUT2D eigenvalue weighted by atomic mass is 16.6. The van der Waals surface area contributed by atoms with Gasteiger partial charge in [-0.25, -0.2) is 4.98 Å². The van der Waals surface area contributed by atoms with Gasteiger partial charge in [-0.05, 0) is 6.92 Å². The van der Waals surface area contributed by atoms with E-state index < -0.39 is 0 Å². The average Bonchev–Trinajstić information content (AvgIpc) is 2.35. The summed E-state index contributed by atoms with van der Waals surface area (Å²) in [4.78, 5) is 18.8. The monoisotopic (exact) mass is 240 g/mol. The van der Waals surface area contributed by atoms with Crippen LogP contribution in [0.2, 0.25) is 0 Å². The molecule has 0 spiro atoms. The van der Waals surface area contributed by atoms with E-state index in [9.17, 15) is 4.79 Å². The van der Waals surface area contributed by atoms with Gasteiger partial charge >= 0.3 is 0 Å². The molecular formula is C11H16N2O4. The Morgan fingerprint density at radius 3 is 2.94 bits per heavy atom. The number of nitrogens with zero attached hydrogens (tertiary/aromatic N) is 1. The van der Waals surface area contributed by atoms with Crippen molar-refractivity contribution in [1.82, 2.24) is 9.97 Å². The van der Waals surface area contributed by atoms with E-state index in [2.05, 4.69) is 9.97 Å². The molecule has 1 aliphatic rings. The van der Waals surface area contributed by atoms with Gasteiger partial charge in [0.05, 0.1) is 19.8 Å². The van der Waals surface area contributed by atoms with E-state index in [0.29, 0.717) is 43.3 Å². The van der Waals surface area contributed by atoms with Crippen LogP contribution in [-0.4, -0.2) is 41.5 Å². The molecule has 0 amide bonds. The maximum Gasteiger partial charge on any atom is 0.254 e. The average molecular weight is 240 g/mol. The van der Waals surface area contributed by atoms with E-state index >= 15 is 0 Å². The minimum absolute atomic E-state index is 0.0615. The molecule has 0 radical (unpaired) electrons. The lowest BCUT2D eigenvalue weighted by atomic mass is 10.1. The van der Waals surface area contributed by atoms with E-state index in [1.165, 1.54) is 0 Å². The lowest BCUT2D eigenvalue weighted by Crippen LogP contribution is -2.28. The first-order valence-electron chi connectivity index (χ1n) is 5.62. The standard InChI is InChI=1S/C11H16N2O4/c1-7-8(2-3-14)11(15)13-10(12-7)9-6-16-4-5-17-9/h9,14H,2-6H2,1H3,(H,12,13,15). The normalized spacial score (nSPS) is 20.5. The van der Waals surface area contributed by atoms with E-state index in [1.54, 1.807) is 6.92 Å². The molecule has 1 atom stereocenters. The van der Waals surface area contributed by atoms with E-state index in [-0.39, 0.29) is 18.3 Å². The van der Waals surface area contributed by atoms with Crippen LogP contribution in [0.4, 0.5) is 0 Å². The second-order valence-corrected chi connectivity index (χ2v) is 3.92. The molecule has 1 aromatic rings. The van der Waals surface area contributed by atoms with Crippen molar-refractivity contribution in [3.63, 3.8) is 0 Å². The molecule has 0 aromatic carbocycles. The number of aromatic amines is 1. The third-order valence-corrected chi connectivity index (χ3v) is 2.72. The summed E-state index contributed by atoms with van der Waals surface area (Å²) in [5, 5.41) is 8.86. The van der Waals surface area contributed by atoms with E-state index in [0.717, 1.165) is 0 Å². The molecule has 1 saturated heterocycles. The third-order valence-electron chi connectivity index (χ3n) is 2.72. The summed E-state index contributed by atoms with van der Waals surface area (Å²) in [6.07, 6.45) is 0.00884. The number of aromatic nitrogens is 2. The molecular weight excluding hydrogens is 224 g/mol. The van der Waals surface area contributed by atoms with E-state index in [4.69, 9.17) is 14.6 Å². The van der Waals surface area contributed by atoms with Crippen molar-refractivity contribution in [1.29, 1.82) is 0 Å². The lowest BCUT2D eigenvalue weighted by Gasteiger charge is -2.22. The van der Waals surface area contributed by atoms with Crippen LogP contribution in [0.1, 0.15) is 23.2 Å². The molecule has 2 heterocycles. The zero-order valence-electron chi connectivity index (χ0n) is 9.73. The van der Waals surface area contributed by atoms with Gasteiger partial charge in [0.25, 0.3) is 5.56 Å². The molecule has 1 fully saturated rings. The number of aryl methyl sites for hydroxylation is 1. The van der Waals surface area contributed by atoms with Gasteiger partial charge in [0.2, 0.25) is 0 Å². The number of H-pyrrole nitrogens is 1. The van der Waals surface area contributed by atoms with Crippen LogP contribution in [0, 0.1) is 6.92 Å². The number of ether oxygens (including phenoxy) is 2. The maximum absolute atomic E-state index is 11.8. The van der Waals surface area contributed by atoms with Crippen molar-refractivity contribution in [3.8, 4) is 0 Å². The van der Waals surface area contributed by atoms with Gasteiger partial charge in [-0.3, -0.25) is 4.79 Å². The predicted molar refractivity (Wildman–Crippen MR) is 59.9 cm³/mol. The molecule has 0 bridgehead atoms. The number of nitrogens with one attached hydrogen (secondary N) is 1. The number of hydrogen-bond donors (Lipinski definition) is 2. The van der Waals surface area contributed by atoms with Crippen LogP contribution in [0.15, 0.2) is 4.79 Å². The molecule has 1 aliphatic heterocycles. The fourth-order valence-corrected chi connectivity index (χ4v) is 1.84. The van der Waals surface area contributed by atoms with Crippen LogP contribution in [0.3, 0.4) is 0 Å². The lowest BCUT2D eigenvalue weighted by molar-refractivity contribution is -0.0936. The van der Waals surface area contributed by atoms with Gasteiger partial charge in [0.15, 0.2) is 0 Å². The van der Waals surface area contributed by atoms with Gasteiger partial charge in [-0.1, -0.05) is 0 Å². The smallest absolute Gasteiger partial charge is 0.254 e. The van der Waals surface area contributed by atoms with Crippen molar-refractivity contribution in [2.24, 2.45) is 0 Å². The fourth-order valence-electron chi connectivity index (χ4n) is 1.84. The minimum atomic E-state index is -0.307. The molecule has 94 valence electrons. The van der Waals surface area contributed by atoms with Crippen molar-refractivity contribution < 1.29 is 14.6 Å². The molecule has 2 rings (SSSR count). The van der Waals surface area contributed by atoms with Crippen LogP contribution in [0.5, 0.6) is 0 Å². The Kier molecular flexibility index (Phi) is 3.88. The summed E-state index contributed by atoms with van der Waals surface area (Å²) in [5.74, 6) is 0.494. The molecule has 0 saturated carbocycles. The highest BCUT2D eigenvalue weighted by Gasteiger charge is 2.20. The quantitative estimate of drug-likeness (QED) is 0.757. The molecule has 0 aliphatic carbocycles. The molecule has 1 unspecified atom stereocenters. The van der Waals surface area contributed by atoms with Crippen LogP contribution < -0.4 is 5.56 Å². The molecule has 2 N–H and O–H groups in total. The van der Waals surface area contributed by atoms with Gasteiger partial charge in [0, 0.05) is 24.3 Å². The van der Waals surface area contributed by atoms with Gasteiger partial charge in [0.1, 0.15) is 11.9 Å². The summed E-state index contributed by atoms with van der Waals surface area (Å²) >= 11 is 0. The van der Waals surface area contributed by atoms with Crippen molar-refractivity contribution >= 4 is 0 Å². The summed E-state index contributed by atoms with van der Waals surface area (Å²) in [7, 11) is 0. The predicted octanol–water partition coefficient (Wildman–Crippen LogP) is -0.299. The zero-order valence-corrected chi connectivity index (χ0v) is 9.73. The zero-order chi connectivity index (χ0) is 12.3. The number of hydrogen-bond acceptors (Lipinski definition) is 5. The van der Waals surface area contributed by atoms with Crippen molar-refractivity contribution in [2.75, 3.05) is 26.4 Å². The molecule has 6 nitrogen and oxygen atoms in total. The van der Waals surface area contributed by atoms with Crippen LogP contribution in [0.25, 0.3) is 0 Å². The first-order valence-corrected chi connectivity index (χ1v) is 5.62. The highest BCUT2D eigenvalue weighted by molar-refractivity contribution is 5.17. The maximum atomic E-state index is 11.8. The summed E-state index contributed by atoms with van der Waals surface area (Å²) < 4.78 is 10.7. The Bertz CT molecular complexity index is 438. The van der Waals surface area contributed by atoms with Crippen LogP contribution in [-0.2, 0) is 15.9 Å². The van der Waals surface area contributed by atoms with Gasteiger partial charge in [-0.15, -0.1) is 0 Å². The highest BCUT2D eigenvalue weighted by Crippen LogP contribution is 2.16. The Morgan fingerprint density at radius 1 is 1.53 bits per heavy atom. The molecule has 1 aromatic heterocycles. The molecule has 6 heteroatoms. The first-order chi connectivity index (χ1) is 8.22. The summed E-state index contributed by atoms with van der Waals surface area (Å²) in [5.41, 5.74) is 0.940. The van der Waals surface area contributed by atoms with Crippen molar-refractivity contribution in [2.45, 2.75) is 19.4 Å². The number of rotatable bonds is 3. The van der Waals surface area contributed by atoms with Gasteiger partial charge in [-0.2, -0.15) is 0 Å². The molecule has 17 heavy (non-hydrogen) atoms. The minimum Gasteiger partial charge on any atom is -0.396 e. The Hall–Kier alpha value is -1.24. The topological polar surface area (TPSA) is 84.4 Å². The second kappa shape index (κ2) is 5.39. The SMILES string of the molecule is Cc1nc(C2COCCO2)[nH]c(=O)c1CCO. The Balaban J connectivity index is 2.27. The van der Waals surface area contributed by atoms with Crippen LogP contribution >= 0.6 is 0 Å².